The minimum atomic E-state index is 0.0574. The number of amides is 1. The van der Waals surface area contributed by atoms with E-state index in [0.717, 1.165) is 19.5 Å². The summed E-state index contributed by atoms with van der Waals surface area (Å²) in [5.74, 6) is 0.0574. The maximum atomic E-state index is 12.6. The lowest BCUT2D eigenvalue weighted by Gasteiger charge is -2.39. The molecular formula is C19H31N5O. The standard InChI is InChI=1S/C19H31N5O/c20-9-6-14-24(15-7-10-21)19(25)17-22-11-5-8-18(16-22)23-12-3-1-2-4-13-23/h18H,1-8,11-17H2/t18-/m1/s1. The van der Waals surface area contributed by atoms with E-state index < -0.39 is 0 Å². The van der Waals surface area contributed by atoms with Gasteiger partial charge in [-0.05, 0) is 45.3 Å². The van der Waals surface area contributed by atoms with Crippen LogP contribution in [-0.4, -0.2) is 72.5 Å². The van der Waals surface area contributed by atoms with E-state index in [4.69, 9.17) is 10.5 Å². The number of hydrogen-bond donors (Lipinski definition) is 0. The molecule has 0 bridgehead atoms. The predicted octanol–water partition coefficient (Wildman–Crippen LogP) is 1.98. The van der Waals surface area contributed by atoms with Gasteiger partial charge in [0, 0.05) is 25.7 Å². The van der Waals surface area contributed by atoms with Gasteiger partial charge >= 0.3 is 0 Å². The summed E-state index contributed by atoms with van der Waals surface area (Å²) >= 11 is 0. The average Bonchev–Trinajstić information content (AvgIpc) is 2.91. The number of nitrogens with zero attached hydrogens (tertiary/aromatic N) is 5. The van der Waals surface area contributed by atoms with Crippen molar-refractivity contribution in [2.75, 3.05) is 45.8 Å². The van der Waals surface area contributed by atoms with Crippen LogP contribution in [0.15, 0.2) is 0 Å². The van der Waals surface area contributed by atoms with Crippen molar-refractivity contribution < 1.29 is 4.79 Å². The molecule has 0 unspecified atom stereocenters. The maximum absolute atomic E-state index is 12.6. The van der Waals surface area contributed by atoms with Crippen LogP contribution in [0.5, 0.6) is 0 Å². The van der Waals surface area contributed by atoms with Crippen molar-refractivity contribution >= 4 is 5.91 Å². The van der Waals surface area contributed by atoms with Crippen LogP contribution in [0.3, 0.4) is 0 Å². The van der Waals surface area contributed by atoms with Crippen LogP contribution >= 0.6 is 0 Å². The number of nitriles is 2. The normalized spacial score (nSPS) is 22.6. The van der Waals surface area contributed by atoms with Gasteiger partial charge in [0.05, 0.1) is 31.5 Å². The first-order chi connectivity index (χ1) is 12.2. The Morgan fingerprint density at radius 2 is 1.60 bits per heavy atom. The van der Waals surface area contributed by atoms with Gasteiger partial charge < -0.3 is 4.90 Å². The zero-order chi connectivity index (χ0) is 17.9. The molecule has 0 N–H and O–H groups in total. The molecule has 1 amide bonds. The van der Waals surface area contributed by atoms with Crippen molar-refractivity contribution in [2.24, 2.45) is 0 Å². The quantitative estimate of drug-likeness (QED) is 0.705. The Bertz CT molecular complexity index is 469. The molecule has 0 spiro atoms. The van der Waals surface area contributed by atoms with Crippen LogP contribution in [0.1, 0.15) is 51.4 Å². The fourth-order valence-electron chi connectivity index (χ4n) is 3.96. The second-order valence-corrected chi connectivity index (χ2v) is 7.18. The van der Waals surface area contributed by atoms with Gasteiger partial charge in [-0.15, -0.1) is 0 Å². The van der Waals surface area contributed by atoms with Gasteiger partial charge in [-0.2, -0.15) is 10.5 Å². The summed E-state index contributed by atoms with van der Waals surface area (Å²) in [6.45, 7) is 5.62. The Morgan fingerprint density at radius 3 is 2.20 bits per heavy atom. The lowest BCUT2D eigenvalue weighted by atomic mass is 10.0. The summed E-state index contributed by atoms with van der Waals surface area (Å²) in [7, 11) is 0. The molecule has 138 valence electrons. The van der Waals surface area contributed by atoms with E-state index in [2.05, 4.69) is 21.9 Å². The first-order valence-electron chi connectivity index (χ1n) is 9.72. The van der Waals surface area contributed by atoms with Gasteiger partial charge in [0.1, 0.15) is 0 Å². The molecule has 0 aromatic heterocycles. The lowest BCUT2D eigenvalue weighted by molar-refractivity contribution is -0.132. The molecule has 0 aromatic carbocycles. The van der Waals surface area contributed by atoms with E-state index in [9.17, 15) is 4.79 Å². The number of hydrogen-bond acceptors (Lipinski definition) is 5. The second-order valence-electron chi connectivity index (χ2n) is 7.18. The fraction of sp³-hybridized carbons (Fsp3) is 0.842. The molecule has 2 rings (SSSR count). The Morgan fingerprint density at radius 1 is 0.960 bits per heavy atom. The molecule has 2 aliphatic heterocycles. The third kappa shape index (κ3) is 6.65. The number of carbonyl (C=O) groups excluding carboxylic acids is 1. The molecule has 6 heteroatoms. The van der Waals surface area contributed by atoms with E-state index in [1.807, 2.05) is 0 Å². The van der Waals surface area contributed by atoms with Gasteiger partial charge in [0.2, 0.25) is 5.91 Å². The van der Waals surface area contributed by atoms with Gasteiger partial charge in [-0.1, -0.05) is 12.8 Å². The van der Waals surface area contributed by atoms with Crippen molar-refractivity contribution in [1.82, 2.24) is 14.7 Å². The topological polar surface area (TPSA) is 74.4 Å². The van der Waals surface area contributed by atoms with Crippen molar-refractivity contribution in [3.8, 4) is 12.1 Å². The smallest absolute Gasteiger partial charge is 0.236 e. The number of carbonyl (C=O) groups is 1. The highest BCUT2D eigenvalue weighted by Gasteiger charge is 2.27. The Kier molecular flexibility index (Phi) is 8.72. The SMILES string of the molecule is N#CCCN(CCC#N)C(=O)CN1CCC[C@@H](N2CCCCCC2)C1. The number of rotatable bonds is 7. The van der Waals surface area contributed by atoms with E-state index in [1.54, 1.807) is 4.90 Å². The largest absolute Gasteiger partial charge is 0.340 e. The van der Waals surface area contributed by atoms with Crippen molar-refractivity contribution in [3.05, 3.63) is 0 Å². The van der Waals surface area contributed by atoms with Crippen LogP contribution in [0.25, 0.3) is 0 Å². The molecule has 2 aliphatic rings. The van der Waals surface area contributed by atoms with Gasteiger partial charge in [0.15, 0.2) is 0 Å². The van der Waals surface area contributed by atoms with Crippen LogP contribution in [0.2, 0.25) is 0 Å². The van der Waals surface area contributed by atoms with Crippen molar-refractivity contribution in [3.63, 3.8) is 0 Å². The van der Waals surface area contributed by atoms with Crippen molar-refractivity contribution in [1.29, 1.82) is 10.5 Å². The monoisotopic (exact) mass is 345 g/mol. The van der Waals surface area contributed by atoms with Crippen LogP contribution in [0, 0.1) is 22.7 Å². The van der Waals surface area contributed by atoms with Gasteiger partial charge in [-0.3, -0.25) is 14.6 Å². The molecule has 0 aromatic rings. The van der Waals surface area contributed by atoms with E-state index >= 15 is 0 Å². The maximum Gasteiger partial charge on any atom is 0.236 e. The molecule has 0 saturated carbocycles. The zero-order valence-corrected chi connectivity index (χ0v) is 15.3. The Labute approximate surface area is 152 Å². The van der Waals surface area contributed by atoms with Crippen LogP contribution in [0.4, 0.5) is 0 Å². The Hall–Kier alpha value is -1.63. The van der Waals surface area contributed by atoms with E-state index in [1.165, 1.54) is 45.2 Å². The van der Waals surface area contributed by atoms with Crippen molar-refractivity contribution in [2.45, 2.75) is 57.4 Å². The molecule has 2 heterocycles. The summed E-state index contributed by atoms with van der Waals surface area (Å²) in [6, 6.07) is 4.76. The predicted molar refractivity (Wildman–Crippen MR) is 96.5 cm³/mol. The van der Waals surface area contributed by atoms with Crippen LogP contribution < -0.4 is 0 Å². The fourth-order valence-corrected chi connectivity index (χ4v) is 3.96. The third-order valence-electron chi connectivity index (χ3n) is 5.34. The minimum absolute atomic E-state index is 0.0574. The number of piperidine rings is 1. The molecule has 2 saturated heterocycles. The molecular weight excluding hydrogens is 314 g/mol. The highest BCUT2D eigenvalue weighted by Crippen LogP contribution is 2.20. The molecule has 1 atom stereocenters. The van der Waals surface area contributed by atoms with Crippen LogP contribution in [-0.2, 0) is 4.79 Å². The first kappa shape index (κ1) is 19.7. The second kappa shape index (κ2) is 11.1. The molecule has 6 nitrogen and oxygen atoms in total. The average molecular weight is 345 g/mol. The summed E-state index contributed by atoms with van der Waals surface area (Å²) < 4.78 is 0. The summed E-state index contributed by atoms with van der Waals surface area (Å²) in [6.07, 6.45) is 8.32. The highest BCUT2D eigenvalue weighted by molar-refractivity contribution is 5.78. The van der Waals surface area contributed by atoms with E-state index in [-0.39, 0.29) is 5.91 Å². The lowest BCUT2D eigenvalue weighted by Crippen LogP contribution is -2.51. The van der Waals surface area contributed by atoms with Gasteiger partial charge in [-0.25, -0.2) is 0 Å². The first-order valence-corrected chi connectivity index (χ1v) is 9.72. The highest BCUT2D eigenvalue weighted by atomic mass is 16.2. The molecule has 0 aliphatic carbocycles. The summed E-state index contributed by atoms with van der Waals surface area (Å²) in [5.41, 5.74) is 0. The van der Waals surface area contributed by atoms with E-state index in [0.29, 0.717) is 38.5 Å². The number of likely N-dealkylation sites (tertiary alicyclic amines) is 2. The zero-order valence-electron chi connectivity index (χ0n) is 15.3. The summed E-state index contributed by atoms with van der Waals surface area (Å²) in [4.78, 5) is 19.2. The molecule has 25 heavy (non-hydrogen) atoms. The Balaban J connectivity index is 1.85. The molecule has 0 radical (unpaired) electrons. The molecule has 2 fully saturated rings. The van der Waals surface area contributed by atoms with Gasteiger partial charge in [0.25, 0.3) is 0 Å². The summed E-state index contributed by atoms with van der Waals surface area (Å²) in [5, 5.41) is 17.6. The minimum Gasteiger partial charge on any atom is -0.340 e. The third-order valence-corrected chi connectivity index (χ3v) is 5.34.